The first-order valence-electron chi connectivity index (χ1n) is 14.6. The maximum Gasteiger partial charge on any atom is 0.303 e. The molecule has 0 fully saturated rings. The molecule has 11 nitrogen and oxygen atoms in total. The third-order valence-corrected chi connectivity index (χ3v) is 8.23. The number of esters is 4. The van der Waals surface area contributed by atoms with Crippen LogP contribution >= 0.6 is 7.14 Å². The predicted octanol–water partition coefficient (Wildman–Crippen LogP) is 3.00. The van der Waals surface area contributed by atoms with Crippen LogP contribution in [-0.2, 0) is 59.8 Å². The first kappa shape index (κ1) is 26.4. The third-order valence-electron chi connectivity index (χ3n) is 5.42. The zero-order chi connectivity index (χ0) is 32.7. The highest BCUT2D eigenvalue weighted by Gasteiger charge is 2.50. The highest BCUT2D eigenvalue weighted by Crippen LogP contribution is 2.55. The van der Waals surface area contributed by atoms with Gasteiger partial charge in [0.15, 0.2) is 19.3 Å². The van der Waals surface area contributed by atoms with Gasteiger partial charge in [0.25, 0.3) is 0 Å². The summed E-state index contributed by atoms with van der Waals surface area (Å²) in [5, 5.41) is 10.9. The molecule has 2 aromatic carbocycles. The van der Waals surface area contributed by atoms with Gasteiger partial charge in [-0.25, -0.2) is 0 Å². The van der Waals surface area contributed by atoms with E-state index < -0.39 is 95.2 Å². The van der Waals surface area contributed by atoms with Crippen LogP contribution in [0, 0.1) is 0 Å². The maximum atomic E-state index is 14.7. The second-order valence-corrected chi connectivity index (χ2v) is 11.4. The van der Waals surface area contributed by atoms with Gasteiger partial charge in [0.05, 0.1) is 0 Å². The van der Waals surface area contributed by atoms with Crippen LogP contribution in [0.3, 0.4) is 0 Å². The molecule has 0 bridgehead atoms. The Bertz CT molecular complexity index is 1270. The average Bonchev–Trinajstić information content (AvgIpc) is 3.03. The first-order valence-corrected chi connectivity index (χ1v) is 13.8. The second kappa shape index (κ2) is 15.1. The lowest BCUT2D eigenvalue weighted by molar-refractivity contribution is -0.195. The molecule has 0 amide bonds. The average molecular weight is 581 g/mol. The van der Waals surface area contributed by atoms with Gasteiger partial charge in [0, 0.05) is 45.4 Å². The minimum atomic E-state index is -4.21. The Kier molecular flexibility index (Phi) is 9.96. The highest BCUT2D eigenvalue weighted by atomic mass is 31.2. The van der Waals surface area contributed by atoms with E-state index in [9.17, 15) is 33.6 Å². The van der Waals surface area contributed by atoms with Crippen molar-refractivity contribution in [1.82, 2.24) is 0 Å². The summed E-state index contributed by atoms with van der Waals surface area (Å²) in [6.07, 6.45) is -9.54. The van der Waals surface area contributed by atoms with Crippen molar-refractivity contribution in [2.75, 3.05) is 6.61 Å². The molecule has 0 unspecified atom stereocenters. The van der Waals surface area contributed by atoms with Crippen LogP contribution < -0.4 is 0 Å². The van der Waals surface area contributed by atoms with Gasteiger partial charge < -0.3 is 28.6 Å². The van der Waals surface area contributed by atoms with Gasteiger partial charge in [-0.2, -0.15) is 0 Å². The zero-order valence-corrected chi connectivity index (χ0v) is 22.4. The summed E-state index contributed by atoms with van der Waals surface area (Å²) in [6.45, 7) is -4.89. The standard InChI is InChI=1S/C28H33O11P/c1-18(29)36-15-24(33)25(37-19(2)30)26(38-20(3)31)27(39-21(4)32)28(34)40(35,16-22-11-7-5-8-12-22)17-23-13-9-6-10-14-23/h5-14,24-27,33H,15-17H2,1-4H3/t24-,25-,26+,27-/m1/s1/i1D,2D,3D,4D. The van der Waals surface area contributed by atoms with E-state index in [4.69, 9.17) is 24.4 Å². The van der Waals surface area contributed by atoms with E-state index in [1.54, 1.807) is 60.7 Å². The van der Waals surface area contributed by atoms with E-state index in [0.29, 0.717) is 11.1 Å². The third kappa shape index (κ3) is 10.1. The minimum absolute atomic E-state index is 0.351. The number of rotatable bonds is 14. The number of aliphatic hydroxyl groups excluding tert-OH is 1. The van der Waals surface area contributed by atoms with Crippen molar-refractivity contribution < 1.29 is 58.1 Å². The minimum Gasteiger partial charge on any atom is -0.463 e. The van der Waals surface area contributed by atoms with Crippen LogP contribution in [0.5, 0.6) is 0 Å². The molecule has 12 heteroatoms. The Morgan fingerprint density at radius 2 is 1.18 bits per heavy atom. The van der Waals surface area contributed by atoms with Crippen molar-refractivity contribution in [2.24, 2.45) is 0 Å². The van der Waals surface area contributed by atoms with E-state index in [-0.39, 0.29) is 12.3 Å². The Labute approximate surface area is 237 Å². The molecule has 40 heavy (non-hydrogen) atoms. The summed E-state index contributed by atoms with van der Waals surface area (Å²) in [4.78, 5) is 62.9. The van der Waals surface area contributed by atoms with Gasteiger partial charge in [0.2, 0.25) is 11.6 Å². The van der Waals surface area contributed by atoms with Gasteiger partial charge in [-0.3, -0.25) is 24.0 Å². The molecule has 0 aromatic heterocycles. The number of aliphatic hydroxyl groups is 1. The Hall–Kier alpha value is -3.82. The summed E-state index contributed by atoms with van der Waals surface area (Å²) in [7, 11) is -4.21. The Morgan fingerprint density at radius 1 is 0.725 bits per heavy atom. The van der Waals surface area contributed by atoms with Crippen molar-refractivity contribution in [1.29, 1.82) is 0 Å². The fraction of sp³-hybridized carbons (Fsp3) is 0.393. The number of hydrogen-bond donors (Lipinski definition) is 1. The smallest absolute Gasteiger partial charge is 0.303 e. The Morgan fingerprint density at radius 3 is 1.65 bits per heavy atom. The summed E-state index contributed by atoms with van der Waals surface area (Å²) in [5.74, 6) is -5.07. The number of benzene rings is 2. The predicted molar refractivity (Wildman–Crippen MR) is 142 cm³/mol. The van der Waals surface area contributed by atoms with Crippen molar-refractivity contribution >= 4 is 36.5 Å². The van der Waals surface area contributed by atoms with Crippen LogP contribution in [0.15, 0.2) is 60.7 Å². The van der Waals surface area contributed by atoms with Crippen LogP contribution in [0.2, 0.25) is 0 Å². The lowest BCUT2D eigenvalue weighted by Gasteiger charge is -2.34. The monoisotopic (exact) mass is 580 g/mol. The lowest BCUT2D eigenvalue weighted by Crippen LogP contribution is -2.54. The fourth-order valence-corrected chi connectivity index (χ4v) is 6.53. The lowest BCUT2D eigenvalue weighted by atomic mass is 10.0. The van der Waals surface area contributed by atoms with E-state index in [1.807, 2.05) is 0 Å². The molecule has 0 spiro atoms. The highest BCUT2D eigenvalue weighted by molar-refractivity contribution is 7.79. The molecule has 4 atom stereocenters. The van der Waals surface area contributed by atoms with Crippen molar-refractivity contribution in [3.05, 3.63) is 71.8 Å². The Balaban J connectivity index is 2.72. The van der Waals surface area contributed by atoms with Crippen LogP contribution in [0.4, 0.5) is 0 Å². The summed E-state index contributed by atoms with van der Waals surface area (Å²) in [6, 6.07) is 16.4. The summed E-state index contributed by atoms with van der Waals surface area (Å²) < 4.78 is 64.1. The molecule has 2 aromatic rings. The quantitative estimate of drug-likeness (QED) is 0.199. The fourth-order valence-electron chi connectivity index (χ4n) is 3.84. The molecule has 0 saturated heterocycles. The number of carbonyl (C=O) groups excluding carboxylic acids is 5. The van der Waals surface area contributed by atoms with Crippen molar-refractivity contribution in [3.63, 3.8) is 0 Å². The molecular weight excluding hydrogens is 543 g/mol. The van der Waals surface area contributed by atoms with E-state index in [1.165, 1.54) is 0 Å². The van der Waals surface area contributed by atoms with Crippen LogP contribution in [0.25, 0.3) is 0 Å². The molecule has 0 aliphatic carbocycles. The molecule has 1 N–H and O–H groups in total. The maximum absolute atomic E-state index is 14.7. The number of hydrogen-bond acceptors (Lipinski definition) is 11. The molecule has 216 valence electrons. The topological polar surface area (TPSA) is 160 Å². The SMILES string of the molecule is [2H]CC(=O)OC[C@@H](O)[C@@H](OC(=O)C[2H])[C@H](OC(=O)C[2H])[C@@H](OC(=O)C[2H])C(=O)P(=O)(Cc1ccccc1)Cc1ccccc1. The van der Waals surface area contributed by atoms with E-state index in [0.717, 1.165) is 0 Å². The van der Waals surface area contributed by atoms with Gasteiger partial charge in [-0.1, -0.05) is 60.7 Å². The van der Waals surface area contributed by atoms with Gasteiger partial charge in [-0.05, 0) is 11.1 Å². The number of carbonyl (C=O) groups is 5. The van der Waals surface area contributed by atoms with Gasteiger partial charge in [0.1, 0.15) is 12.7 Å². The molecular formula is C28H33O11P. The molecule has 0 heterocycles. The first-order chi connectivity index (χ1) is 21.0. The van der Waals surface area contributed by atoms with E-state index >= 15 is 0 Å². The normalized spacial score (nSPS) is 15.4. The summed E-state index contributed by atoms with van der Waals surface area (Å²) in [5.41, 5.74) is -0.341. The van der Waals surface area contributed by atoms with Crippen LogP contribution in [0.1, 0.15) is 44.2 Å². The van der Waals surface area contributed by atoms with Gasteiger partial charge >= 0.3 is 23.9 Å². The number of ether oxygens (including phenoxy) is 4. The second-order valence-electron chi connectivity index (χ2n) is 8.58. The van der Waals surface area contributed by atoms with Crippen molar-refractivity contribution in [2.45, 2.75) is 64.3 Å². The van der Waals surface area contributed by atoms with Gasteiger partial charge in [-0.15, -0.1) is 0 Å². The molecule has 0 aliphatic rings. The molecule has 0 aliphatic heterocycles. The van der Waals surface area contributed by atoms with Crippen molar-refractivity contribution in [3.8, 4) is 0 Å². The van der Waals surface area contributed by atoms with Crippen LogP contribution in [-0.4, -0.2) is 65.5 Å². The summed E-state index contributed by atoms with van der Waals surface area (Å²) >= 11 is 0. The van der Waals surface area contributed by atoms with E-state index in [2.05, 4.69) is 0 Å². The largest absolute Gasteiger partial charge is 0.463 e. The zero-order valence-electron chi connectivity index (χ0n) is 25.5. The molecule has 0 radical (unpaired) electrons. The molecule has 0 saturated carbocycles. The molecule has 2 rings (SSSR count).